The number of H-pyrrole nitrogens is 1. The molecule has 2 heterocycles. The van der Waals surface area contributed by atoms with E-state index in [1.165, 1.54) is 18.2 Å². The standard InChI is InChI=1S/C20H18Cl2N6O3S/c1-31-9-8-15-17-18(23)26-27-20(17)25-19(24-15)11-2-5-13(6-3-11)28-32(29,30)16-10-12(21)4-7-14(16)22/h2-7,10,28H,8-9H2,1H3,(H3,23,24,25,26,27). The lowest BCUT2D eigenvalue weighted by molar-refractivity contribution is 0.202. The maximum Gasteiger partial charge on any atom is 0.263 e. The second kappa shape index (κ2) is 8.91. The molecular formula is C20H18Cl2N6O3S. The molecule has 4 rings (SSSR count). The first-order chi connectivity index (χ1) is 15.3. The van der Waals surface area contributed by atoms with E-state index in [1.807, 2.05) is 0 Å². The zero-order chi connectivity index (χ0) is 22.9. The fourth-order valence-electron chi connectivity index (χ4n) is 3.11. The van der Waals surface area contributed by atoms with Gasteiger partial charge in [0.2, 0.25) is 0 Å². The molecule has 0 aliphatic heterocycles. The van der Waals surface area contributed by atoms with Crippen LogP contribution >= 0.6 is 23.2 Å². The highest BCUT2D eigenvalue weighted by Gasteiger charge is 2.19. The normalized spacial score (nSPS) is 11.7. The predicted molar refractivity (Wildman–Crippen MR) is 124 cm³/mol. The van der Waals surface area contributed by atoms with Crippen LogP contribution in [0.15, 0.2) is 47.4 Å². The minimum absolute atomic E-state index is 0.0714. The van der Waals surface area contributed by atoms with Crippen molar-refractivity contribution < 1.29 is 13.2 Å². The second-order valence-electron chi connectivity index (χ2n) is 6.83. The molecule has 2 aromatic carbocycles. The lowest BCUT2D eigenvalue weighted by atomic mass is 10.1. The number of benzene rings is 2. The Morgan fingerprint density at radius 3 is 2.59 bits per heavy atom. The molecule has 0 fully saturated rings. The summed E-state index contributed by atoms with van der Waals surface area (Å²) in [6.45, 7) is 0.461. The number of nitrogen functional groups attached to an aromatic ring is 1. The molecule has 12 heteroatoms. The van der Waals surface area contributed by atoms with Crippen LogP contribution in [0.25, 0.3) is 22.4 Å². The number of aromatic nitrogens is 4. The van der Waals surface area contributed by atoms with Gasteiger partial charge in [-0.3, -0.25) is 9.82 Å². The zero-order valence-corrected chi connectivity index (χ0v) is 19.1. The fraction of sp³-hybridized carbons (Fsp3) is 0.150. The minimum Gasteiger partial charge on any atom is -0.384 e. The highest BCUT2D eigenvalue weighted by molar-refractivity contribution is 7.92. The molecule has 0 radical (unpaired) electrons. The lowest BCUT2D eigenvalue weighted by Crippen LogP contribution is -2.13. The van der Waals surface area contributed by atoms with E-state index in [9.17, 15) is 8.42 Å². The Hall–Kier alpha value is -2.92. The number of methoxy groups -OCH3 is 1. The fourth-order valence-corrected chi connectivity index (χ4v) is 4.93. The van der Waals surface area contributed by atoms with Crippen molar-refractivity contribution in [2.45, 2.75) is 11.3 Å². The SMILES string of the molecule is COCCc1nc(-c2ccc(NS(=O)(=O)c3cc(Cl)ccc3Cl)cc2)nc2n[nH]c(N)c12. The Labute approximate surface area is 194 Å². The van der Waals surface area contributed by atoms with Gasteiger partial charge in [0.1, 0.15) is 10.7 Å². The quantitative estimate of drug-likeness (QED) is 0.355. The monoisotopic (exact) mass is 492 g/mol. The molecule has 0 aliphatic carbocycles. The minimum atomic E-state index is -3.93. The molecule has 0 unspecified atom stereocenters. The van der Waals surface area contributed by atoms with Crippen LogP contribution in [0, 0.1) is 0 Å². The first-order valence-corrected chi connectivity index (χ1v) is 11.6. The summed E-state index contributed by atoms with van der Waals surface area (Å²) in [5, 5.41) is 7.85. The third-order valence-corrected chi connectivity index (χ3v) is 6.74. The van der Waals surface area contributed by atoms with Crippen molar-refractivity contribution in [1.82, 2.24) is 20.2 Å². The van der Waals surface area contributed by atoms with E-state index in [-0.39, 0.29) is 14.9 Å². The Bertz CT molecular complexity index is 1390. The van der Waals surface area contributed by atoms with Crippen molar-refractivity contribution in [1.29, 1.82) is 0 Å². The maximum absolute atomic E-state index is 12.7. The van der Waals surface area contributed by atoms with Gasteiger partial charge in [0.15, 0.2) is 11.5 Å². The number of sulfonamides is 1. The molecule has 0 atom stereocenters. The molecule has 0 aliphatic rings. The summed E-state index contributed by atoms with van der Waals surface area (Å²) < 4.78 is 33.1. The van der Waals surface area contributed by atoms with Gasteiger partial charge in [-0.25, -0.2) is 18.4 Å². The number of nitrogens with zero attached hydrogens (tertiary/aromatic N) is 3. The number of hydrogen-bond acceptors (Lipinski definition) is 7. The van der Waals surface area contributed by atoms with Crippen LogP contribution in [0.3, 0.4) is 0 Å². The Morgan fingerprint density at radius 1 is 1.12 bits per heavy atom. The van der Waals surface area contributed by atoms with Crippen molar-refractivity contribution in [3.8, 4) is 11.4 Å². The average Bonchev–Trinajstić information content (AvgIpc) is 3.15. The van der Waals surface area contributed by atoms with E-state index in [0.29, 0.717) is 52.6 Å². The van der Waals surface area contributed by atoms with Crippen molar-refractivity contribution in [3.05, 3.63) is 58.2 Å². The molecular weight excluding hydrogens is 475 g/mol. The number of anilines is 2. The van der Waals surface area contributed by atoms with Gasteiger partial charge in [-0.05, 0) is 42.5 Å². The molecule has 4 N–H and O–H groups in total. The zero-order valence-electron chi connectivity index (χ0n) is 16.8. The van der Waals surface area contributed by atoms with Crippen molar-refractivity contribution in [2.75, 3.05) is 24.2 Å². The third kappa shape index (κ3) is 4.49. The van der Waals surface area contributed by atoms with Crippen molar-refractivity contribution >= 4 is 55.8 Å². The van der Waals surface area contributed by atoms with E-state index in [0.717, 1.165) is 0 Å². The lowest BCUT2D eigenvalue weighted by Gasteiger charge is -2.11. The molecule has 9 nitrogen and oxygen atoms in total. The number of rotatable bonds is 7. The van der Waals surface area contributed by atoms with Gasteiger partial charge in [0.05, 0.1) is 22.7 Å². The van der Waals surface area contributed by atoms with Crippen LogP contribution in [0.5, 0.6) is 0 Å². The van der Waals surface area contributed by atoms with Gasteiger partial charge < -0.3 is 10.5 Å². The largest absolute Gasteiger partial charge is 0.384 e. The number of nitrogens with one attached hydrogen (secondary N) is 2. The summed E-state index contributed by atoms with van der Waals surface area (Å²) in [5.41, 5.74) is 8.13. The van der Waals surface area contributed by atoms with Gasteiger partial charge >= 0.3 is 0 Å². The van der Waals surface area contributed by atoms with Gasteiger partial charge in [0, 0.05) is 29.8 Å². The van der Waals surface area contributed by atoms with E-state index >= 15 is 0 Å². The van der Waals surface area contributed by atoms with E-state index < -0.39 is 10.0 Å². The van der Waals surface area contributed by atoms with Crippen molar-refractivity contribution in [3.63, 3.8) is 0 Å². The maximum atomic E-state index is 12.7. The number of nitrogens with two attached hydrogens (primary N) is 1. The summed E-state index contributed by atoms with van der Waals surface area (Å²) in [7, 11) is -2.32. The third-order valence-electron chi connectivity index (χ3n) is 4.64. The number of aromatic amines is 1. The van der Waals surface area contributed by atoms with Gasteiger partial charge in [-0.15, -0.1) is 0 Å². The number of hydrogen-bond donors (Lipinski definition) is 3. The topological polar surface area (TPSA) is 136 Å². The molecule has 0 amide bonds. The summed E-state index contributed by atoms with van der Waals surface area (Å²) in [6.07, 6.45) is 0.532. The molecule has 4 aromatic rings. The molecule has 0 saturated heterocycles. The van der Waals surface area contributed by atoms with Crippen LogP contribution < -0.4 is 10.5 Å². The summed E-state index contributed by atoms with van der Waals surface area (Å²) in [4.78, 5) is 8.97. The van der Waals surface area contributed by atoms with Gasteiger partial charge in [-0.2, -0.15) is 5.10 Å². The average molecular weight is 493 g/mol. The number of halogens is 2. The number of fused-ring (bicyclic) bond motifs is 1. The molecule has 2 aromatic heterocycles. The number of ether oxygens (including phenoxy) is 1. The van der Waals surface area contributed by atoms with Crippen LogP contribution in [0.4, 0.5) is 11.5 Å². The van der Waals surface area contributed by atoms with Crippen LogP contribution in [0.1, 0.15) is 5.69 Å². The van der Waals surface area contributed by atoms with E-state index in [2.05, 4.69) is 24.9 Å². The Kier molecular flexibility index (Phi) is 6.20. The Morgan fingerprint density at radius 2 is 1.88 bits per heavy atom. The predicted octanol–water partition coefficient (Wildman–Crippen LogP) is 3.90. The molecule has 166 valence electrons. The summed E-state index contributed by atoms with van der Waals surface area (Å²) in [5.74, 6) is 0.824. The first kappa shape index (κ1) is 22.3. The van der Waals surface area contributed by atoms with Gasteiger partial charge in [-0.1, -0.05) is 23.2 Å². The van der Waals surface area contributed by atoms with Gasteiger partial charge in [0.25, 0.3) is 10.0 Å². The smallest absolute Gasteiger partial charge is 0.263 e. The van der Waals surface area contributed by atoms with Crippen molar-refractivity contribution in [2.24, 2.45) is 0 Å². The van der Waals surface area contributed by atoms with E-state index in [4.69, 9.17) is 33.7 Å². The van der Waals surface area contributed by atoms with Crippen LogP contribution in [-0.4, -0.2) is 42.3 Å². The summed E-state index contributed by atoms with van der Waals surface area (Å²) in [6, 6.07) is 10.9. The van der Waals surface area contributed by atoms with E-state index in [1.54, 1.807) is 31.4 Å². The molecule has 0 bridgehead atoms. The first-order valence-electron chi connectivity index (χ1n) is 9.36. The van der Waals surface area contributed by atoms with Crippen LogP contribution in [-0.2, 0) is 21.2 Å². The molecule has 0 saturated carbocycles. The van der Waals surface area contributed by atoms with Crippen LogP contribution in [0.2, 0.25) is 10.0 Å². The summed E-state index contributed by atoms with van der Waals surface area (Å²) >= 11 is 11.9. The Balaban J connectivity index is 1.64. The molecule has 32 heavy (non-hydrogen) atoms. The highest BCUT2D eigenvalue weighted by atomic mass is 35.5. The highest BCUT2D eigenvalue weighted by Crippen LogP contribution is 2.28. The second-order valence-corrected chi connectivity index (χ2v) is 9.32. The molecule has 0 spiro atoms.